The highest BCUT2D eigenvalue weighted by Gasteiger charge is 2.15. The van der Waals surface area contributed by atoms with Crippen LogP contribution in [0.4, 0.5) is 15.9 Å². The molecule has 0 aliphatic heterocycles. The van der Waals surface area contributed by atoms with Crippen LogP contribution in [0.1, 0.15) is 18.1 Å². The molecule has 0 atom stereocenters. The van der Waals surface area contributed by atoms with E-state index in [1.165, 1.54) is 6.33 Å². The van der Waals surface area contributed by atoms with Crippen molar-refractivity contribution in [3.8, 4) is 11.8 Å². The van der Waals surface area contributed by atoms with Crippen LogP contribution in [-0.2, 0) is 6.42 Å². The number of halogens is 1. The van der Waals surface area contributed by atoms with Crippen molar-refractivity contribution in [2.75, 3.05) is 19.0 Å². The number of nitrogens with one attached hydrogen (secondary N) is 2. The van der Waals surface area contributed by atoms with E-state index < -0.39 is 5.95 Å². The zero-order chi connectivity index (χ0) is 20.2. The first kappa shape index (κ1) is 18.6. The van der Waals surface area contributed by atoms with E-state index >= 15 is 0 Å². The number of ether oxygens (including phenoxy) is 2. The molecular formula is C20H19FN6O2. The van der Waals surface area contributed by atoms with E-state index in [1.54, 1.807) is 43.8 Å². The fourth-order valence-electron chi connectivity index (χ4n) is 2.97. The van der Waals surface area contributed by atoms with Gasteiger partial charge in [-0.1, -0.05) is 6.07 Å². The Morgan fingerprint density at radius 3 is 2.72 bits per heavy atom. The number of hydrogen-bond donors (Lipinski definition) is 2. The smallest absolute Gasteiger partial charge is 0.226 e. The summed E-state index contributed by atoms with van der Waals surface area (Å²) in [7, 11) is 1.54. The summed E-state index contributed by atoms with van der Waals surface area (Å²) in [5.74, 6) is 0.808. The minimum absolute atomic E-state index is 0.330. The van der Waals surface area contributed by atoms with Crippen LogP contribution in [0, 0.1) is 5.95 Å². The highest BCUT2D eigenvalue weighted by Crippen LogP contribution is 2.28. The van der Waals surface area contributed by atoms with Gasteiger partial charge in [0.1, 0.15) is 17.8 Å². The zero-order valence-corrected chi connectivity index (χ0v) is 15.9. The van der Waals surface area contributed by atoms with Crippen molar-refractivity contribution in [3.63, 3.8) is 0 Å². The summed E-state index contributed by atoms with van der Waals surface area (Å²) in [5.41, 5.74) is 2.62. The van der Waals surface area contributed by atoms with Gasteiger partial charge in [0, 0.05) is 24.2 Å². The second kappa shape index (κ2) is 8.09. The Morgan fingerprint density at radius 2 is 2.00 bits per heavy atom. The lowest BCUT2D eigenvalue weighted by atomic mass is 10.1. The maximum Gasteiger partial charge on any atom is 0.226 e. The molecule has 4 heterocycles. The van der Waals surface area contributed by atoms with Gasteiger partial charge in [-0.15, -0.1) is 0 Å². The third kappa shape index (κ3) is 3.93. The summed E-state index contributed by atoms with van der Waals surface area (Å²) >= 11 is 0. The molecule has 0 amide bonds. The third-order valence-corrected chi connectivity index (χ3v) is 4.32. The van der Waals surface area contributed by atoms with Crippen LogP contribution in [0.3, 0.4) is 0 Å². The van der Waals surface area contributed by atoms with Gasteiger partial charge in [-0.2, -0.15) is 4.39 Å². The molecule has 0 aromatic carbocycles. The summed E-state index contributed by atoms with van der Waals surface area (Å²) in [6.45, 7) is 2.36. The van der Waals surface area contributed by atoms with Crippen LogP contribution in [0.15, 0.2) is 43.0 Å². The van der Waals surface area contributed by atoms with E-state index in [0.29, 0.717) is 47.5 Å². The standard InChI is InChI=1S/C20H19FN6O2/c1-3-29-20-17-13(9-23-19(17)24-11-25-20)8-12-4-6-15(27-18(12)21)26-14-5-7-16(28-2)22-10-14/h4-7,9-11H,3,8H2,1-2H3,(H,26,27)(H,23,24,25). The summed E-state index contributed by atoms with van der Waals surface area (Å²) in [4.78, 5) is 19.6. The average Bonchev–Trinajstić information content (AvgIpc) is 3.15. The molecule has 4 rings (SSSR count). The van der Waals surface area contributed by atoms with Gasteiger partial charge in [-0.3, -0.25) is 0 Å². The predicted molar refractivity (Wildman–Crippen MR) is 106 cm³/mol. The van der Waals surface area contributed by atoms with Gasteiger partial charge >= 0.3 is 0 Å². The lowest BCUT2D eigenvalue weighted by Crippen LogP contribution is -2.01. The number of H-pyrrole nitrogens is 1. The largest absolute Gasteiger partial charge is 0.481 e. The normalized spacial score (nSPS) is 10.9. The molecule has 148 valence electrons. The van der Waals surface area contributed by atoms with E-state index in [1.807, 2.05) is 6.92 Å². The Labute approximate surface area is 166 Å². The molecule has 8 nitrogen and oxygen atoms in total. The van der Waals surface area contributed by atoms with Gasteiger partial charge in [0.15, 0.2) is 0 Å². The summed E-state index contributed by atoms with van der Waals surface area (Å²) in [6.07, 6.45) is 5.14. The molecule has 4 aromatic rings. The maximum atomic E-state index is 14.7. The van der Waals surface area contributed by atoms with E-state index in [9.17, 15) is 4.39 Å². The molecule has 0 unspecified atom stereocenters. The zero-order valence-electron chi connectivity index (χ0n) is 15.9. The Balaban J connectivity index is 1.56. The first-order chi connectivity index (χ1) is 14.2. The average molecular weight is 394 g/mol. The van der Waals surface area contributed by atoms with Crippen molar-refractivity contribution >= 4 is 22.5 Å². The van der Waals surface area contributed by atoms with Crippen molar-refractivity contribution < 1.29 is 13.9 Å². The predicted octanol–water partition coefficient (Wildman–Crippen LogP) is 3.63. The molecule has 9 heteroatoms. The second-order valence-electron chi connectivity index (χ2n) is 6.19. The first-order valence-corrected chi connectivity index (χ1v) is 9.04. The van der Waals surface area contributed by atoms with Crippen molar-refractivity contribution in [3.05, 3.63) is 60.1 Å². The van der Waals surface area contributed by atoms with Gasteiger partial charge in [-0.25, -0.2) is 19.9 Å². The Bertz CT molecular complexity index is 1130. The van der Waals surface area contributed by atoms with Crippen molar-refractivity contribution in [2.24, 2.45) is 0 Å². The van der Waals surface area contributed by atoms with Gasteiger partial charge < -0.3 is 19.8 Å². The van der Waals surface area contributed by atoms with Gasteiger partial charge in [0.05, 0.1) is 31.0 Å². The number of hydrogen-bond acceptors (Lipinski definition) is 7. The lowest BCUT2D eigenvalue weighted by Gasteiger charge is -2.09. The number of methoxy groups -OCH3 is 1. The molecule has 4 aromatic heterocycles. The number of pyridine rings is 2. The van der Waals surface area contributed by atoms with E-state index in [-0.39, 0.29) is 0 Å². The number of anilines is 2. The van der Waals surface area contributed by atoms with E-state index in [4.69, 9.17) is 9.47 Å². The van der Waals surface area contributed by atoms with Crippen LogP contribution in [-0.4, -0.2) is 38.6 Å². The minimum Gasteiger partial charge on any atom is -0.481 e. The van der Waals surface area contributed by atoms with Crippen LogP contribution < -0.4 is 14.8 Å². The molecule has 0 aliphatic rings. The van der Waals surface area contributed by atoms with Gasteiger partial charge in [-0.05, 0) is 24.6 Å². The Morgan fingerprint density at radius 1 is 1.10 bits per heavy atom. The SMILES string of the molecule is CCOc1ncnc2[nH]cc(Cc3ccc(Nc4ccc(OC)nc4)nc3F)c12. The molecule has 0 saturated heterocycles. The minimum atomic E-state index is -0.555. The fourth-order valence-corrected chi connectivity index (χ4v) is 2.97. The van der Waals surface area contributed by atoms with Crippen molar-refractivity contribution in [1.29, 1.82) is 0 Å². The fraction of sp³-hybridized carbons (Fsp3) is 0.200. The number of aromatic amines is 1. The number of fused-ring (bicyclic) bond motifs is 1. The molecule has 0 aliphatic carbocycles. The molecule has 0 radical (unpaired) electrons. The van der Waals surface area contributed by atoms with E-state index in [0.717, 1.165) is 10.9 Å². The maximum absolute atomic E-state index is 14.7. The lowest BCUT2D eigenvalue weighted by molar-refractivity contribution is 0.330. The van der Waals surface area contributed by atoms with Crippen LogP contribution in [0.2, 0.25) is 0 Å². The Kier molecular flexibility index (Phi) is 5.19. The first-order valence-electron chi connectivity index (χ1n) is 9.04. The summed E-state index contributed by atoms with van der Waals surface area (Å²) in [5, 5.41) is 3.77. The molecule has 2 N–H and O–H groups in total. The molecule has 0 fully saturated rings. The number of nitrogens with zero attached hydrogens (tertiary/aromatic N) is 4. The molecule has 0 saturated carbocycles. The summed E-state index contributed by atoms with van der Waals surface area (Å²) in [6, 6.07) is 6.91. The third-order valence-electron chi connectivity index (χ3n) is 4.32. The van der Waals surface area contributed by atoms with Crippen LogP contribution >= 0.6 is 0 Å². The van der Waals surface area contributed by atoms with E-state index in [2.05, 4.69) is 30.2 Å². The highest BCUT2D eigenvalue weighted by atomic mass is 19.1. The summed E-state index contributed by atoms with van der Waals surface area (Å²) < 4.78 is 25.3. The van der Waals surface area contributed by atoms with Crippen molar-refractivity contribution in [1.82, 2.24) is 24.9 Å². The molecular weight excluding hydrogens is 375 g/mol. The van der Waals surface area contributed by atoms with Gasteiger partial charge in [0.2, 0.25) is 17.7 Å². The number of aromatic nitrogens is 5. The monoisotopic (exact) mass is 394 g/mol. The quantitative estimate of drug-likeness (QED) is 0.462. The molecule has 0 spiro atoms. The topological polar surface area (TPSA) is 97.8 Å². The van der Waals surface area contributed by atoms with Gasteiger partial charge in [0.25, 0.3) is 0 Å². The van der Waals surface area contributed by atoms with Crippen LogP contribution in [0.5, 0.6) is 11.8 Å². The highest BCUT2D eigenvalue weighted by molar-refractivity contribution is 5.85. The molecule has 0 bridgehead atoms. The molecule has 29 heavy (non-hydrogen) atoms. The van der Waals surface area contributed by atoms with Crippen LogP contribution in [0.25, 0.3) is 11.0 Å². The Hall–Kier alpha value is -3.75. The second-order valence-corrected chi connectivity index (χ2v) is 6.19. The number of rotatable bonds is 7. The van der Waals surface area contributed by atoms with Crippen molar-refractivity contribution in [2.45, 2.75) is 13.3 Å².